The summed E-state index contributed by atoms with van der Waals surface area (Å²) in [5.74, 6) is 5.92. The Bertz CT molecular complexity index is 337. The highest BCUT2D eigenvalue weighted by atomic mass is 15.5. The lowest BCUT2D eigenvalue weighted by Crippen LogP contribution is -2.38. The van der Waals surface area contributed by atoms with Crippen LogP contribution in [0.5, 0.6) is 0 Å². The number of para-hydroxylation sites is 2. The Hall–Kier alpha value is -1.26. The SMILES string of the molecule is CN(C)CCN1CN(N)c2ccccc21. The molecule has 4 nitrogen and oxygen atoms in total. The van der Waals surface area contributed by atoms with Gasteiger partial charge < -0.3 is 9.80 Å². The molecule has 0 amide bonds. The zero-order valence-electron chi connectivity index (χ0n) is 9.35. The Labute approximate surface area is 90.8 Å². The van der Waals surface area contributed by atoms with Gasteiger partial charge in [0.2, 0.25) is 0 Å². The maximum Gasteiger partial charge on any atom is 0.105 e. The molecule has 0 atom stereocenters. The van der Waals surface area contributed by atoms with E-state index in [0.717, 1.165) is 25.4 Å². The minimum absolute atomic E-state index is 0.785. The van der Waals surface area contributed by atoms with Gasteiger partial charge in [0.1, 0.15) is 6.67 Å². The molecule has 0 saturated carbocycles. The lowest BCUT2D eigenvalue weighted by molar-refractivity contribution is 0.414. The molecule has 2 rings (SSSR count). The van der Waals surface area contributed by atoms with Crippen LogP contribution in [0.1, 0.15) is 0 Å². The van der Waals surface area contributed by atoms with E-state index in [1.54, 1.807) is 5.01 Å². The van der Waals surface area contributed by atoms with Crippen LogP contribution in [0.4, 0.5) is 11.4 Å². The van der Waals surface area contributed by atoms with Crippen molar-refractivity contribution < 1.29 is 0 Å². The van der Waals surface area contributed by atoms with Gasteiger partial charge in [-0.15, -0.1) is 0 Å². The number of nitrogens with zero attached hydrogens (tertiary/aromatic N) is 3. The van der Waals surface area contributed by atoms with Gasteiger partial charge in [-0.05, 0) is 26.2 Å². The summed E-state index contributed by atoms with van der Waals surface area (Å²) in [6.45, 7) is 2.84. The highest BCUT2D eigenvalue weighted by molar-refractivity contribution is 5.75. The van der Waals surface area contributed by atoms with E-state index >= 15 is 0 Å². The summed E-state index contributed by atoms with van der Waals surface area (Å²) in [7, 11) is 4.17. The van der Waals surface area contributed by atoms with Crippen molar-refractivity contribution in [2.24, 2.45) is 5.84 Å². The second-order valence-electron chi connectivity index (χ2n) is 4.17. The summed E-state index contributed by atoms with van der Waals surface area (Å²) >= 11 is 0. The van der Waals surface area contributed by atoms with Crippen molar-refractivity contribution in [3.63, 3.8) is 0 Å². The Kier molecular flexibility index (Phi) is 2.79. The number of fused-ring (bicyclic) bond motifs is 1. The van der Waals surface area contributed by atoms with Crippen molar-refractivity contribution in [3.8, 4) is 0 Å². The average Bonchev–Trinajstić information content (AvgIpc) is 2.54. The Morgan fingerprint density at radius 3 is 2.60 bits per heavy atom. The molecule has 82 valence electrons. The van der Waals surface area contributed by atoms with Crippen LogP contribution in [0.2, 0.25) is 0 Å². The third kappa shape index (κ3) is 2.06. The van der Waals surface area contributed by atoms with Crippen LogP contribution in [0.15, 0.2) is 24.3 Å². The fraction of sp³-hybridized carbons (Fsp3) is 0.455. The summed E-state index contributed by atoms with van der Waals surface area (Å²) in [5, 5.41) is 1.80. The second kappa shape index (κ2) is 4.08. The maximum atomic E-state index is 5.92. The normalized spacial score (nSPS) is 14.9. The number of hydrogen-bond donors (Lipinski definition) is 1. The fourth-order valence-corrected chi connectivity index (χ4v) is 1.82. The second-order valence-corrected chi connectivity index (χ2v) is 4.17. The van der Waals surface area contributed by atoms with E-state index in [4.69, 9.17) is 5.84 Å². The van der Waals surface area contributed by atoms with Crippen LogP contribution in [0.25, 0.3) is 0 Å². The number of benzene rings is 1. The smallest absolute Gasteiger partial charge is 0.105 e. The molecule has 0 spiro atoms. The molecule has 4 heteroatoms. The molecule has 2 N–H and O–H groups in total. The van der Waals surface area contributed by atoms with E-state index in [9.17, 15) is 0 Å². The average molecular weight is 206 g/mol. The molecule has 0 saturated heterocycles. The zero-order chi connectivity index (χ0) is 10.8. The molecule has 0 fully saturated rings. The van der Waals surface area contributed by atoms with Crippen molar-refractivity contribution in [1.29, 1.82) is 0 Å². The van der Waals surface area contributed by atoms with E-state index in [2.05, 4.69) is 42.1 Å². The van der Waals surface area contributed by atoms with E-state index in [1.807, 2.05) is 6.07 Å². The van der Waals surface area contributed by atoms with E-state index in [0.29, 0.717) is 0 Å². The monoisotopic (exact) mass is 206 g/mol. The van der Waals surface area contributed by atoms with Crippen molar-refractivity contribution in [2.45, 2.75) is 0 Å². The number of nitrogens with two attached hydrogens (primary N) is 1. The topological polar surface area (TPSA) is 35.7 Å². The predicted octanol–water partition coefficient (Wildman–Crippen LogP) is 0.706. The van der Waals surface area contributed by atoms with Crippen LogP contribution in [0.3, 0.4) is 0 Å². The van der Waals surface area contributed by atoms with Gasteiger partial charge in [-0.25, -0.2) is 5.84 Å². The van der Waals surface area contributed by atoms with Crippen LogP contribution in [-0.2, 0) is 0 Å². The number of hydrazine groups is 1. The Morgan fingerprint density at radius 2 is 1.93 bits per heavy atom. The molecular weight excluding hydrogens is 188 g/mol. The maximum absolute atomic E-state index is 5.92. The van der Waals surface area contributed by atoms with Gasteiger partial charge in [-0.3, -0.25) is 5.01 Å². The van der Waals surface area contributed by atoms with Crippen LogP contribution in [-0.4, -0.2) is 38.8 Å². The van der Waals surface area contributed by atoms with Gasteiger partial charge in [0.15, 0.2) is 0 Å². The zero-order valence-corrected chi connectivity index (χ0v) is 9.35. The lowest BCUT2D eigenvalue weighted by atomic mass is 10.2. The minimum atomic E-state index is 0.785. The molecule has 1 heterocycles. The van der Waals surface area contributed by atoms with Crippen LogP contribution in [0, 0.1) is 0 Å². The summed E-state index contributed by atoms with van der Waals surface area (Å²) < 4.78 is 0. The molecule has 0 aliphatic carbocycles. The number of rotatable bonds is 3. The molecule has 1 aliphatic rings. The largest absolute Gasteiger partial charge is 0.350 e. The van der Waals surface area contributed by atoms with Crippen LogP contribution >= 0.6 is 0 Å². The summed E-state index contributed by atoms with van der Waals surface area (Å²) in [6, 6.07) is 8.26. The highest BCUT2D eigenvalue weighted by Crippen LogP contribution is 2.32. The standard InChI is InChI=1S/C11H18N4/c1-13(2)7-8-14-9-15(12)11-6-4-3-5-10(11)14/h3-6H,7-9,12H2,1-2H3. The van der Waals surface area contributed by atoms with Crippen LogP contribution < -0.4 is 15.8 Å². The molecule has 0 unspecified atom stereocenters. The Balaban J connectivity index is 2.11. The lowest BCUT2D eigenvalue weighted by Gasteiger charge is -2.21. The molecule has 15 heavy (non-hydrogen) atoms. The van der Waals surface area contributed by atoms with Crippen molar-refractivity contribution in [2.75, 3.05) is 43.8 Å². The fourth-order valence-electron chi connectivity index (χ4n) is 1.82. The molecule has 0 bridgehead atoms. The third-order valence-electron chi connectivity index (χ3n) is 2.67. The molecular formula is C11H18N4. The first-order valence-corrected chi connectivity index (χ1v) is 5.19. The minimum Gasteiger partial charge on any atom is -0.350 e. The van der Waals surface area contributed by atoms with E-state index < -0.39 is 0 Å². The first-order chi connectivity index (χ1) is 7.18. The predicted molar refractivity (Wildman–Crippen MR) is 63.9 cm³/mol. The first-order valence-electron chi connectivity index (χ1n) is 5.19. The van der Waals surface area contributed by atoms with Crippen molar-refractivity contribution in [3.05, 3.63) is 24.3 Å². The van der Waals surface area contributed by atoms with Crippen molar-refractivity contribution in [1.82, 2.24) is 4.90 Å². The van der Waals surface area contributed by atoms with Gasteiger partial charge in [0.05, 0.1) is 11.4 Å². The number of likely N-dealkylation sites (N-methyl/N-ethyl adjacent to an activating group) is 1. The number of hydrogen-bond acceptors (Lipinski definition) is 4. The van der Waals surface area contributed by atoms with Gasteiger partial charge in [-0.2, -0.15) is 0 Å². The van der Waals surface area contributed by atoms with E-state index in [1.165, 1.54) is 5.69 Å². The van der Waals surface area contributed by atoms with E-state index in [-0.39, 0.29) is 0 Å². The quantitative estimate of drug-likeness (QED) is 0.739. The molecule has 1 aromatic carbocycles. The summed E-state index contributed by atoms with van der Waals surface area (Å²) in [4.78, 5) is 4.48. The molecule has 1 aromatic rings. The summed E-state index contributed by atoms with van der Waals surface area (Å²) in [6.07, 6.45) is 0. The molecule has 1 aliphatic heterocycles. The number of anilines is 2. The molecule has 0 aromatic heterocycles. The first kappa shape index (κ1) is 10.3. The summed E-state index contributed by atoms with van der Waals surface area (Å²) in [5.41, 5.74) is 2.36. The van der Waals surface area contributed by atoms with Gasteiger partial charge in [-0.1, -0.05) is 12.1 Å². The van der Waals surface area contributed by atoms with Gasteiger partial charge >= 0.3 is 0 Å². The van der Waals surface area contributed by atoms with Gasteiger partial charge in [0, 0.05) is 13.1 Å². The van der Waals surface area contributed by atoms with Gasteiger partial charge in [0.25, 0.3) is 0 Å². The third-order valence-corrected chi connectivity index (χ3v) is 2.67. The Morgan fingerprint density at radius 1 is 1.27 bits per heavy atom. The highest BCUT2D eigenvalue weighted by Gasteiger charge is 2.22. The van der Waals surface area contributed by atoms with Crippen molar-refractivity contribution >= 4 is 11.4 Å². The molecule has 0 radical (unpaired) electrons.